The molecule has 4 heteroatoms. The number of aliphatic hydroxyl groups is 1. The minimum absolute atomic E-state index is 0.465. The van der Waals surface area contributed by atoms with Crippen molar-refractivity contribution in [1.29, 1.82) is 0 Å². The minimum atomic E-state index is -0.510. The van der Waals surface area contributed by atoms with E-state index in [9.17, 15) is 5.11 Å². The maximum Gasteiger partial charge on any atom is 0.161 e. The van der Waals surface area contributed by atoms with Crippen molar-refractivity contribution in [2.45, 2.75) is 32.8 Å². The molecule has 0 radical (unpaired) electrons. The average molecular weight is 291 g/mol. The molecule has 2 aliphatic rings. The van der Waals surface area contributed by atoms with E-state index in [0.29, 0.717) is 31.1 Å². The van der Waals surface area contributed by atoms with Crippen LogP contribution in [-0.4, -0.2) is 31.4 Å². The first kappa shape index (κ1) is 14.7. The number of fused-ring (bicyclic) bond motifs is 1. The van der Waals surface area contributed by atoms with Crippen molar-refractivity contribution in [3.63, 3.8) is 0 Å². The summed E-state index contributed by atoms with van der Waals surface area (Å²) >= 11 is 0. The van der Waals surface area contributed by atoms with Crippen molar-refractivity contribution in [3.05, 3.63) is 23.8 Å². The molecule has 2 N–H and O–H groups in total. The fraction of sp³-hybridized carbons (Fsp3) is 0.647. The van der Waals surface area contributed by atoms with Gasteiger partial charge in [-0.05, 0) is 41.9 Å². The largest absolute Gasteiger partial charge is 0.486 e. The summed E-state index contributed by atoms with van der Waals surface area (Å²) in [6.07, 6.45) is 2.10. The molecular formula is C17H25NO3. The van der Waals surface area contributed by atoms with E-state index in [-0.39, 0.29) is 0 Å². The molecular weight excluding hydrogens is 266 g/mol. The summed E-state index contributed by atoms with van der Waals surface area (Å²) in [6, 6.07) is 5.68. The number of hydrogen-bond donors (Lipinski definition) is 2. The molecule has 3 rings (SSSR count). The predicted molar refractivity (Wildman–Crippen MR) is 81.8 cm³/mol. The second-order valence-electron chi connectivity index (χ2n) is 6.57. The number of benzene rings is 1. The first-order valence-corrected chi connectivity index (χ1v) is 7.89. The lowest BCUT2D eigenvalue weighted by Crippen LogP contribution is -2.30. The molecule has 0 aromatic heterocycles. The number of nitrogens with one attached hydrogen (secondary N) is 1. The molecule has 1 saturated carbocycles. The molecule has 1 aliphatic heterocycles. The normalized spacial score (nSPS) is 20.4. The third kappa shape index (κ3) is 3.16. The molecule has 1 aromatic carbocycles. The summed E-state index contributed by atoms with van der Waals surface area (Å²) in [4.78, 5) is 0. The second kappa shape index (κ2) is 5.85. The Bertz CT molecular complexity index is 497. The van der Waals surface area contributed by atoms with E-state index in [4.69, 9.17) is 9.47 Å². The minimum Gasteiger partial charge on any atom is -0.486 e. The summed E-state index contributed by atoms with van der Waals surface area (Å²) in [5.74, 6) is 2.21. The zero-order valence-corrected chi connectivity index (χ0v) is 12.9. The molecule has 0 saturated heterocycles. The average Bonchev–Trinajstić information content (AvgIpc) is 3.28. The van der Waals surface area contributed by atoms with E-state index >= 15 is 0 Å². The Morgan fingerprint density at radius 3 is 2.57 bits per heavy atom. The highest BCUT2D eigenvalue weighted by atomic mass is 16.6. The summed E-state index contributed by atoms with van der Waals surface area (Å²) in [5, 5.41) is 13.7. The molecule has 1 atom stereocenters. The van der Waals surface area contributed by atoms with Crippen LogP contribution in [0.2, 0.25) is 0 Å². The fourth-order valence-electron chi connectivity index (χ4n) is 2.96. The monoisotopic (exact) mass is 291 g/mol. The van der Waals surface area contributed by atoms with Crippen LogP contribution in [0.25, 0.3) is 0 Å². The van der Waals surface area contributed by atoms with Crippen molar-refractivity contribution >= 4 is 0 Å². The van der Waals surface area contributed by atoms with Crippen LogP contribution in [0.5, 0.6) is 11.5 Å². The maximum absolute atomic E-state index is 10.3. The molecule has 1 aliphatic carbocycles. The van der Waals surface area contributed by atoms with E-state index in [0.717, 1.165) is 23.6 Å². The molecule has 1 fully saturated rings. The summed E-state index contributed by atoms with van der Waals surface area (Å²) in [7, 11) is 0. The summed E-state index contributed by atoms with van der Waals surface area (Å²) in [6.45, 7) is 7.30. The summed E-state index contributed by atoms with van der Waals surface area (Å²) < 4.78 is 11.1. The van der Waals surface area contributed by atoms with Gasteiger partial charge in [-0.25, -0.2) is 0 Å². The van der Waals surface area contributed by atoms with Crippen LogP contribution in [0.4, 0.5) is 0 Å². The Morgan fingerprint density at radius 2 is 1.90 bits per heavy atom. The highest BCUT2D eigenvalue weighted by Gasteiger charge is 2.44. The Labute approximate surface area is 126 Å². The van der Waals surface area contributed by atoms with Crippen LogP contribution < -0.4 is 14.8 Å². The molecule has 1 aromatic rings. The van der Waals surface area contributed by atoms with Gasteiger partial charge in [-0.1, -0.05) is 19.9 Å². The lowest BCUT2D eigenvalue weighted by Gasteiger charge is -2.22. The number of aliphatic hydroxyl groups excluding tert-OH is 1. The van der Waals surface area contributed by atoms with Crippen LogP contribution in [0, 0.1) is 11.3 Å². The van der Waals surface area contributed by atoms with Crippen LogP contribution in [0.1, 0.15) is 38.4 Å². The standard InChI is InChI=1S/C17H25NO3/c1-12(2)17(5-6-17)11-18-10-14(19)13-3-4-15-16(9-13)21-8-7-20-15/h3-4,9,12,14,18-19H,5-8,10-11H2,1-2H3. The predicted octanol–water partition coefficient (Wildman–Crippen LogP) is 2.52. The molecule has 4 nitrogen and oxygen atoms in total. The van der Waals surface area contributed by atoms with E-state index < -0.39 is 6.10 Å². The Morgan fingerprint density at radius 1 is 1.19 bits per heavy atom. The van der Waals surface area contributed by atoms with Gasteiger partial charge in [-0.2, -0.15) is 0 Å². The van der Waals surface area contributed by atoms with Crippen LogP contribution in [-0.2, 0) is 0 Å². The van der Waals surface area contributed by atoms with Gasteiger partial charge in [-0.15, -0.1) is 0 Å². The van der Waals surface area contributed by atoms with Gasteiger partial charge in [0.05, 0.1) is 6.10 Å². The molecule has 0 spiro atoms. The van der Waals surface area contributed by atoms with Gasteiger partial charge < -0.3 is 19.9 Å². The van der Waals surface area contributed by atoms with Gasteiger partial charge in [0.2, 0.25) is 0 Å². The summed E-state index contributed by atoms with van der Waals surface area (Å²) in [5.41, 5.74) is 1.34. The van der Waals surface area contributed by atoms with Gasteiger partial charge in [0.1, 0.15) is 13.2 Å². The molecule has 21 heavy (non-hydrogen) atoms. The highest BCUT2D eigenvalue weighted by Crippen LogP contribution is 2.51. The Balaban J connectivity index is 1.54. The van der Waals surface area contributed by atoms with Gasteiger partial charge in [0.15, 0.2) is 11.5 Å². The van der Waals surface area contributed by atoms with Gasteiger partial charge in [0, 0.05) is 13.1 Å². The van der Waals surface area contributed by atoms with Crippen molar-refractivity contribution in [1.82, 2.24) is 5.32 Å². The Hall–Kier alpha value is -1.26. The Kier molecular flexibility index (Phi) is 4.09. The fourth-order valence-corrected chi connectivity index (χ4v) is 2.96. The second-order valence-corrected chi connectivity index (χ2v) is 6.57. The lowest BCUT2D eigenvalue weighted by molar-refractivity contribution is 0.161. The SMILES string of the molecule is CC(C)C1(CNCC(O)c2ccc3c(c2)OCCO3)CC1. The maximum atomic E-state index is 10.3. The lowest BCUT2D eigenvalue weighted by atomic mass is 9.92. The third-order valence-electron chi connectivity index (χ3n) is 4.88. The zero-order valence-electron chi connectivity index (χ0n) is 12.9. The molecule has 0 amide bonds. The molecule has 116 valence electrons. The topological polar surface area (TPSA) is 50.7 Å². The van der Waals surface area contributed by atoms with Crippen molar-refractivity contribution in [2.24, 2.45) is 11.3 Å². The first-order valence-electron chi connectivity index (χ1n) is 7.89. The van der Waals surface area contributed by atoms with Gasteiger partial charge in [-0.3, -0.25) is 0 Å². The van der Waals surface area contributed by atoms with E-state index in [1.807, 2.05) is 18.2 Å². The van der Waals surface area contributed by atoms with Crippen LogP contribution in [0.3, 0.4) is 0 Å². The number of ether oxygens (including phenoxy) is 2. The first-order chi connectivity index (χ1) is 10.1. The van der Waals surface area contributed by atoms with Crippen LogP contribution >= 0.6 is 0 Å². The zero-order chi connectivity index (χ0) is 14.9. The molecule has 0 bridgehead atoms. The third-order valence-corrected chi connectivity index (χ3v) is 4.88. The van der Waals surface area contributed by atoms with Crippen molar-refractivity contribution in [2.75, 3.05) is 26.3 Å². The highest BCUT2D eigenvalue weighted by molar-refractivity contribution is 5.44. The molecule has 1 unspecified atom stereocenters. The van der Waals surface area contributed by atoms with E-state index in [2.05, 4.69) is 19.2 Å². The van der Waals surface area contributed by atoms with Crippen LogP contribution in [0.15, 0.2) is 18.2 Å². The van der Waals surface area contributed by atoms with E-state index in [1.54, 1.807) is 0 Å². The van der Waals surface area contributed by atoms with E-state index in [1.165, 1.54) is 12.8 Å². The number of hydrogen-bond acceptors (Lipinski definition) is 4. The van der Waals surface area contributed by atoms with Gasteiger partial charge in [0.25, 0.3) is 0 Å². The smallest absolute Gasteiger partial charge is 0.161 e. The molecule has 1 heterocycles. The quantitative estimate of drug-likeness (QED) is 0.845. The van der Waals surface area contributed by atoms with Crippen molar-refractivity contribution < 1.29 is 14.6 Å². The van der Waals surface area contributed by atoms with Gasteiger partial charge >= 0.3 is 0 Å². The van der Waals surface area contributed by atoms with Crippen molar-refractivity contribution in [3.8, 4) is 11.5 Å². The number of rotatable bonds is 6.